The molecule has 0 bridgehead atoms. The molecule has 1 aliphatic heterocycles. The van der Waals surface area contributed by atoms with Crippen LogP contribution in [0.2, 0.25) is 0 Å². The second-order valence-electron chi connectivity index (χ2n) is 4.56. The Morgan fingerprint density at radius 2 is 1.94 bits per heavy atom. The third-order valence-electron chi connectivity index (χ3n) is 3.32. The second kappa shape index (κ2) is 6.31. The number of hydrogen-bond donors (Lipinski definition) is 0. The molecule has 2 heteroatoms. The molecule has 17 heavy (non-hydrogen) atoms. The van der Waals surface area contributed by atoms with Crippen LogP contribution >= 0.6 is 0 Å². The molecule has 1 atom stereocenters. The van der Waals surface area contributed by atoms with Gasteiger partial charge in [0.25, 0.3) is 0 Å². The molecule has 1 fully saturated rings. The van der Waals surface area contributed by atoms with E-state index in [0.717, 1.165) is 6.42 Å². The average Bonchev–Trinajstić information content (AvgIpc) is 2.90. The van der Waals surface area contributed by atoms with E-state index in [0.29, 0.717) is 5.92 Å². The average molecular weight is 265 g/mol. The molecule has 1 aromatic carbocycles. The molecule has 0 radical (unpaired) electrons. The minimum atomic E-state index is 0.426. The van der Waals surface area contributed by atoms with Crippen LogP contribution in [0.15, 0.2) is 43.0 Å². The van der Waals surface area contributed by atoms with E-state index in [9.17, 15) is 0 Å². The zero-order valence-corrected chi connectivity index (χ0v) is 11.4. The topological polar surface area (TPSA) is 3.24 Å². The first-order valence-corrected chi connectivity index (χ1v) is 6.90. The molecule has 1 aliphatic rings. The Balaban J connectivity index is 2.01. The first-order chi connectivity index (χ1) is 8.31. The van der Waals surface area contributed by atoms with Gasteiger partial charge in [0.2, 0.25) is 0 Å². The first-order valence-electron chi connectivity index (χ1n) is 6.26. The van der Waals surface area contributed by atoms with Gasteiger partial charge in [-0.2, -0.15) is 0 Å². The van der Waals surface area contributed by atoms with Crippen molar-refractivity contribution in [2.75, 3.05) is 13.1 Å². The molecular formula is C15H19CrN. The molecule has 1 nitrogen and oxygen atoms in total. The van der Waals surface area contributed by atoms with E-state index in [1.165, 1.54) is 36.0 Å². The summed E-state index contributed by atoms with van der Waals surface area (Å²) in [4.78, 5) is 2.47. The number of likely N-dealkylation sites (tertiary alicyclic amines) is 1. The summed E-state index contributed by atoms with van der Waals surface area (Å²) in [6.07, 6.45) is 5.75. The van der Waals surface area contributed by atoms with E-state index in [-0.39, 0.29) is 0 Å². The van der Waals surface area contributed by atoms with Crippen molar-refractivity contribution in [3.63, 3.8) is 0 Å². The van der Waals surface area contributed by atoms with Gasteiger partial charge in [0.15, 0.2) is 0 Å². The summed E-state index contributed by atoms with van der Waals surface area (Å²) in [5.74, 6) is 0.426. The van der Waals surface area contributed by atoms with Gasteiger partial charge in [-0.05, 0) is 0 Å². The van der Waals surface area contributed by atoms with Crippen LogP contribution in [0, 0.1) is 5.92 Å². The summed E-state index contributed by atoms with van der Waals surface area (Å²) in [7, 11) is 0. The third kappa shape index (κ3) is 3.39. The van der Waals surface area contributed by atoms with Crippen molar-refractivity contribution in [1.29, 1.82) is 0 Å². The van der Waals surface area contributed by atoms with Gasteiger partial charge < -0.3 is 0 Å². The molecule has 0 amide bonds. The normalized spacial score (nSPS) is 17.9. The van der Waals surface area contributed by atoms with Crippen LogP contribution in [0.5, 0.6) is 0 Å². The van der Waals surface area contributed by atoms with Crippen molar-refractivity contribution in [2.45, 2.75) is 19.3 Å². The van der Waals surface area contributed by atoms with Crippen LogP contribution in [0.25, 0.3) is 0 Å². The van der Waals surface area contributed by atoms with Gasteiger partial charge in [-0.3, -0.25) is 0 Å². The summed E-state index contributed by atoms with van der Waals surface area (Å²) in [6, 6.07) is 10.6. The Labute approximate surface area is 112 Å². The summed E-state index contributed by atoms with van der Waals surface area (Å²) in [5.41, 5.74) is 1.38. The monoisotopic (exact) mass is 265 g/mol. The minimum absolute atomic E-state index is 0.426. The number of rotatable bonds is 5. The molecule has 1 aromatic rings. The summed E-state index contributed by atoms with van der Waals surface area (Å²) < 4.78 is 1.36. The van der Waals surface area contributed by atoms with Crippen LogP contribution < -0.4 is 0 Å². The van der Waals surface area contributed by atoms with Gasteiger partial charge in [0.05, 0.1) is 0 Å². The fourth-order valence-electron chi connectivity index (χ4n) is 2.31. The van der Waals surface area contributed by atoms with E-state index < -0.39 is 0 Å². The van der Waals surface area contributed by atoms with E-state index in [1.54, 1.807) is 0 Å². The van der Waals surface area contributed by atoms with Crippen LogP contribution in [-0.4, -0.2) is 22.5 Å². The fourth-order valence-corrected chi connectivity index (χ4v) is 2.88. The second-order valence-corrected chi connectivity index (χ2v) is 5.22. The van der Waals surface area contributed by atoms with E-state index in [4.69, 9.17) is 0 Å². The van der Waals surface area contributed by atoms with Crippen LogP contribution in [0.1, 0.15) is 18.4 Å². The summed E-state index contributed by atoms with van der Waals surface area (Å²) >= 11 is 3.26. The van der Waals surface area contributed by atoms with Crippen molar-refractivity contribution >= 4 is 4.50 Å². The predicted octanol–water partition coefficient (Wildman–Crippen LogP) is 2.80. The van der Waals surface area contributed by atoms with E-state index >= 15 is 0 Å². The molecule has 0 N–H and O–H groups in total. The Bertz CT molecular complexity index is 379. The van der Waals surface area contributed by atoms with Crippen molar-refractivity contribution in [3.05, 3.63) is 48.6 Å². The van der Waals surface area contributed by atoms with Gasteiger partial charge in [0, 0.05) is 0 Å². The first kappa shape index (κ1) is 12.8. The van der Waals surface area contributed by atoms with Crippen molar-refractivity contribution in [1.82, 2.24) is 4.90 Å². The van der Waals surface area contributed by atoms with Gasteiger partial charge in [-0.15, -0.1) is 0 Å². The molecular weight excluding hydrogens is 246 g/mol. The molecule has 0 aromatic heterocycles. The van der Waals surface area contributed by atoms with Crippen molar-refractivity contribution in [3.8, 4) is 0 Å². The van der Waals surface area contributed by atoms with Gasteiger partial charge in [0.1, 0.15) is 0 Å². The predicted molar refractivity (Wildman–Crippen MR) is 69.6 cm³/mol. The molecule has 1 unspecified atom stereocenters. The number of hydrogen-bond acceptors (Lipinski definition) is 1. The summed E-state index contributed by atoms with van der Waals surface area (Å²) in [6.45, 7) is 6.37. The van der Waals surface area contributed by atoms with Crippen LogP contribution in [0.4, 0.5) is 0 Å². The number of benzene rings is 1. The molecule has 1 heterocycles. The molecule has 2 rings (SSSR count). The Hall–Kier alpha value is -0.678. The van der Waals surface area contributed by atoms with Crippen LogP contribution in [-0.2, 0) is 22.3 Å². The quantitative estimate of drug-likeness (QED) is 0.740. The third-order valence-corrected chi connectivity index (χ3v) is 4.19. The zero-order valence-electron chi connectivity index (χ0n) is 10.1. The van der Waals surface area contributed by atoms with Crippen molar-refractivity contribution < 1.29 is 15.9 Å². The fraction of sp³-hybridized carbons (Fsp3) is 0.400. The maximum absolute atomic E-state index is 3.98. The Kier molecular flexibility index (Phi) is 4.74. The number of nitrogens with zero attached hydrogens (tertiary/aromatic N) is 1. The van der Waals surface area contributed by atoms with Gasteiger partial charge in [-0.25, -0.2) is 0 Å². The van der Waals surface area contributed by atoms with Crippen molar-refractivity contribution in [2.24, 2.45) is 5.92 Å². The SMILES string of the molecule is C=CC(Cc1ccccc1)[C](=[Cr])N1CCCC1. The zero-order chi connectivity index (χ0) is 12.1. The van der Waals surface area contributed by atoms with Gasteiger partial charge in [-0.1, -0.05) is 0 Å². The van der Waals surface area contributed by atoms with E-state index in [1.807, 2.05) is 0 Å². The molecule has 90 valence electrons. The van der Waals surface area contributed by atoms with Gasteiger partial charge >= 0.3 is 112 Å². The standard InChI is InChI=1S/C15H19N.Cr/c1-2-14(13-16-10-6-7-11-16)12-15-8-4-3-5-9-15;/h2-5,8-9,14H,1,6-7,10-12H2;. The maximum atomic E-state index is 3.98. The Morgan fingerprint density at radius 1 is 1.29 bits per heavy atom. The molecule has 0 saturated carbocycles. The molecule has 0 aliphatic carbocycles. The Morgan fingerprint density at radius 3 is 2.53 bits per heavy atom. The molecule has 0 spiro atoms. The van der Waals surface area contributed by atoms with E-state index in [2.05, 4.69) is 63.7 Å². The van der Waals surface area contributed by atoms with Crippen LogP contribution in [0.3, 0.4) is 0 Å². The molecule has 1 saturated heterocycles. The summed E-state index contributed by atoms with van der Waals surface area (Å²) in [5, 5.41) is 0.